The van der Waals surface area contributed by atoms with Gasteiger partial charge in [-0.25, -0.2) is 15.0 Å². The summed E-state index contributed by atoms with van der Waals surface area (Å²) in [7, 11) is 0. The second-order valence-corrected chi connectivity index (χ2v) is 7.61. The molecule has 4 aromatic rings. The van der Waals surface area contributed by atoms with Gasteiger partial charge in [0.1, 0.15) is 18.1 Å². The van der Waals surface area contributed by atoms with Crippen LogP contribution in [0.3, 0.4) is 0 Å². The first-order valence-electron chi connectivity index (χ1n) is 9.99. The lowest BCUT2D eigenvalue weighted by molar-refractivity contribution is 0.128. The van der Waals surface area contributed by atoms with E-state index in [0.717, 1.165) is 22.4 Å². The minimum Gasteiger partial charge on any atom is -0.374 e. The lowest BCUT2D eigenvalue weighted by Crippen LogP contribution is -2.10. The maximum atomic E-state index is 6.30. The second kappa shape index (κ2) is 10.0. The van der Waals surface area contributed by atoms with Crippen molar-refractivity contribution in [2.75, 3.05) is 18.5 Å². The molecule has 6 nitrogen and oxygen atoms in total. The normalized spacial score (nSPS) is 11.1. The summed E-state index contributed by atoms with van der Waals surface area (Å²) in [6.45, 7) is 3.48. The Balaban J connectivity index is 1.66. The van der Waals surface area contributed by atoms with E-state index < -0.39 is 0 Å². The zero-order valence-electron chi connectivity index (χ0n) is 17.0. The molecule has 31 heavy (non-hydrogen) atoms. The molecule has 1 N–H and O–H groups in total. The summed E-state index contributed by atoms with van der Waals surface area (Å²) in [4.78, 5) is 18.3. The zero-order valence-corrected chi connectivity index (χ0v) is 18.5. The monoisotopic (exact) mass is 453 g/mol. The molecule has 4 rings (SSSR count). The van der Waals surface area contributed by atoms with E-state index >= 15 is 0 Å². The number of aromatic nitrogens is 4. The van der Waals surface area contributed by atoms with Gasteiger partial charge < -0.3 is 10.1 Å². The fraction of sp³-hybridized carbons (Fsp3) is 0.217. The maximum absolute atomic E-state index is 6.30. The Labute approximate surface area is 190 Å². The van der Waals surface area contributed by atoms with Crippen LogP contribution in [0.2, 0.25) is 10.0 Å². The number of pyridine rings is 2. The van der Waals surface area contributed by atoms with E-state index in [1.54, 1.807) is 18.3 Å². The van der Waals surface area contributed by atoms with Crippen molar-refractivity contribution in [1.82, 2.24) is 19.9 Å². The predicted octanol–water partition coefficient (Wildman–Crippen LogP) is 5.58. The molecule has 8 heteroatoms. The van der Waals surface area contributed by atoms with Crippen LogP contribution in [0.4, 0.5) is 5.82 Å². The summed E-state index contributed by atoms with van der Waals surface area (Å²) >= 11 is 12.6. The predicted molar refractivity (Wildman–Crippen MR) is 125 cm³/mol. The number of hydrogen-bond donors (Lipinski definition) is 1. The number of nitrogens with one attached hydrogen (secondary N) is 1. The quantitative estimate of drug-likeness (QED) is 0.375. The Bertz CT molecular complexity index is 1200. The highest BCUT2D eigenvalue weighted by Gasteiger charge is 2.13. The highest BCUT2D eigenvalue weighted by molar-refractivity contribution is 6.33. The van der Waals surface area contributed by atoms with Crippen molar-refractivity contribution in [2.24, 2.45) is 0 Å². The van der Waals surface area contributed by atoms with Gasteiger partial charge in [-0.1, -0.05) is 41.4 Å². The summed E-state index contributed by atoms with van der Waals surface area (Å²) in [5.41, 5.74) is 2.91. The first-order valence-corrected chi connectivity index (χ1v) is 10.7. The van der Waals surface area contributed by atoms with E-state index in [2.05, 4.69) is 20.3 Å². The molecule has 1 aromatic carbocycles. The van der Waals surface area contributed by atoms with Crippen molar-refractivity contribution in [3.8, 4) is 11.4 Å². The lowest BCUT2D eigenvalue weighted by atomic mass is 10.1. The molecule has 0 amide bonds. The number of halogens is 2. The summed E-state index contributed by atoms with van der Waals surface area (Å²) in [5, 5.41) is 5.51. The Morgan fingerprint density at radius 3 is 2.58 bits per heavy atom. The van der Waals surface area contributed by atoms with Gasteiger partial charge in [-0.2, -0.15) is 0 Å². The molecule has 0 radical (unpaired) electrons. The van der Waals surface area contributed by atoms with Crippen molar-refractivity contribution >= 4 is 40.1 Å². The molecule has 0 bridgehead atoms. The minimum atomic E-state index is 0.307. The van der Waals surface area contributed by atoms with Gasteiger partial charge >= 0.3 is 0 Å². The Hall–Kier alpha value is -2.80. The second-order valence-electron chi connectivity index (χ2n) is 6.80. The third kappa shape index (κ3) is 5.10. The largest absolute Gasteiger partial charge is 0.374 e. The molecule has 0 saturated heterocycles. The van der Waals surface area contributed by atoms with Crippen molar-refractivity contribution < 1.29 is 4.74 Å². The van der Waals surface area contributed by atoms with E-state index in [9.17, 15) is 0 Å². The molecule has 0 aliphatic rings. The standard InChI is InChI=1S/C23H21Cl2N5O/c1-2-31-14-20-29-22(27-13-11-15-6-3-4-7-17(15)24)16-9-10-19(28-23(16)30-20)21-18(25)8-5-12-26-21/h3-10,12H,2,11,13-14H2,1H3,(H,27,28,29,30). The zero-order chi connectivity index (χ0) is 21.6. The molecule has 0 aliphatic carbocycles. The van der Waals surface area contributed by atoms with E-state index in [1.165, 1.54) is 0 Å². The van der Waals surface area contributed by atoms with Crippen LogP contribution in [0.15, 0.2) is 54.7 Å². The third-order valence-corrected chi connectivity index (χ3v) is 5.36. The van der Waals surface area contributed by atoms with Gasteiger partial charge in [0, 0.05) is 24.4 Å². The number of rotatable bonds is 8. The Morgan fingerprint density at radius 2 is 1.77 bits per heavy atom. The SMILES string of the molecule is CCOCc1nc(NCCc2ccccc2Cl)c2ccc(-c3ncccc3Cl)nc2n1. The topological polar surface area (TPSA) is 72.8 Å². The van der Waals surface area contributed by atoms with Gasteiger partial charge in [0.05, 0.1) is 16.1 Å². The van der Waals surface area contributed by atoms with E-state index in [4.69, 9.17) is 32.9 Å². The molecule has 3 aromatic heterocycles. The van der Waals surface area contributed by atoms with E-state index in [0.29, 0.717) is 53.5 Å². The summed E-state index contributed by atoms with van der Waals surface area (Å²) in [6.07, 6.45) is 2.45. The van der Waals surface area contributed by atoms with Crippen molar-refractivity contribution in [1.29, 1.82) is 0 Å². The van der Waals surface area contributed by atoms with Crippen LogP contribution in [-0.4, -0.2) is 33.1 Å². The molecule has 3 heterocycles. The molecule has 0 aliphatic heterocycles. The average molecular weight is 454 g/mol. The Kier molecular flexibility index (Phi) is 6.92. The highest BCUT2D eigenvalue weighted by Crippen LogP contribution is 2.27. The van der Waals surface area contributed by atoms with Crippen molar-refractivity contribution in [3.05, 3.63) is 76.2 Å². The van der Waals surface area contributed by atoms with Gasteiger partial charge in [0.25, 0.3) is 0 Å². The molecule has 158 valence electrons. The summed E-state index contributed by atoms with van der Waals surface area (Å²) in [5.74, 6) is 1.27. The fourth-order valence-corrected chi connectivity index (χ4v) is 3.62. The molecule has 0 unspecified atom stereocenters. The first-order chi connectivity index (χ1) is 15.2. The maximum Gasteiger partial charge on any atom is 0.165 e. The van der Waals surface area contributed by atoms with Gasteiger partial charge in [0.15, 0.2) is 11.5 Å². The molecular weight excluding hydrogens is 433 g/mol. The van der Waals surface area contributed by atoms with Crippen molar-refractivity contribution in [3.63, 3.8) is 0 Å². The number of nitrogens with zero attached hydrogens (tertiary/aromatic N) is 4. The van der Waals surface area contributed by atoms with Crippen LogP contribution < -0.4 is 5.32 Å². The fourth-order valence-electron chi connectivity index (χ4n) is 3.17. The van der Waals surface area contributed by atoms with Crippen LogP contribution in [0.5, 0.6) is 0 Å². The Morgan fingerprint density at radius 1 is 0.935 bits per heavy atom. The summed E-state index contributed by atoms with van der Waals surface area (Å²) < 4.78 is 5.52. The van der Waals surface area contributed by atoms with Gasteiger partial charge in [0.2, 0.25) is 0 Å². The van der Waals surface area contributed by atoms with Crippen LogP contribution >= 0.6 is 23.2 Å². The lowest BCUT2D eigenvalue weighted by Gasteiger charge is -2.12. The van der Waals surface area contributed by atoms with E-state index in [1.807, 2.05) is 43.3 Å². The number of benzene rings is 1. The smallest absolute Gasteiger partial charge is 0.165 e. The van der Waals surface area contributed by atoms with Crippen LogP contribution in [0, 0.1) is 0 Å². The van der Waals surface area contributed by atoms with Crippen LogP contribution in [0.1, 0.15) is 18.3 Å². The van der Waals surface area contributed by atoms with Crippen LogP contribution in [-0.2, 0) is 17.8 Å². The number of anilines is 1. The molecule has 0 saturated carbocycles. The third-order valence-electron chi connectivity index (χ3n) is 4.69. The van der Waals surface area contributed by atoms with Gasteiger partial charge in [-0.05, 0) is 49.2 Å². The highest BCUT2D eigenvalue weighted by atomic mass is 35.5. The molecule has 0 spiro atoms. The van der Waals surface area contributed by atoms with Crippen molar-refractivity contribution in [2.45, 2.75) is 20.0 Å². The number of fused-ring (bicyclic) bond motifs is 1. The average Bonchev–Trinajstić information content (AvgIpc) is 2.79. The summed E-state index contributed by atoms with van der Waals surface area (Å²) in [6, 6.07) is 15.2. The van der Waals surface area contributed by atoms with E-state index in [-0.39, 0.29) is 0 Å². The van der Waals surface area contributed by atoms with Gasteiger partial charge in [-0.3, -0.25) is 4.98 Å². The van der Waals surface area contributed by atoms with Gasteiger partial charge in [-0.15, -0.1) is 0 Å². The first kappa shape index (κ1) is 21.4. The molecule has 0 fully saturated rings. The molecular formula is C23H21Cl2N5O. The minimum absolute atomic E-state index is 0.307. The molecule has 0 atom stereocenters. The van der Waals surface area contributed by atoms with Crippen LogP contribution in [0.25, 0.3) is 22.4 Å². The number of hydrogen-bond acceptors (Lipinski definition) is 6. The number of ether oxygens (including phenoxy) is 1.